The van der Waals surface area contributed by atoms with Gasteiger partial charge in [0.2, 0.25) is 0 Å². The lowest BCUT2D eigenvalue weighted by Gasteiger charge is -2.28. The van der Waals surface area contributed by atoms with Crippen LogP contribution in [0.4, 0.5) is 0 Å². The van der Waals surface area contributed by atoms with Crippen molar-refractivity contribution in [1.29, 1.82) is 0 Å². The number of methoxy groups -OCH3 is 1. The average molecular weight is 357 g/mol. The largest absolute Gasteiger partial charge is 0.464 e. The molecular formula is C19H35NO5. The fourth-order valence-corrected chi connectivity index (χ4v) is 3.38. The maximum atomic E-state index is 12.5. The lowest BCUT2D eigenvalue weighted by Crippen LogP contribution is -2.37. The zero-order valence-electron chi connectivity index (χ0n) is 16.1. The van der Waals surface area contributed by atoms with E-state index < -0.39 is 0 Å². The second kappa shape index (κ2) is 13.1. The van der Waals surface area contributed by atoms with E-state index in [-0.39, 0.29) is 30.4 Å². The second-order valence-electron chi connectivity index (χ2n) is 6.67. The van der Waals surface area contributed by atoms with Gasteiger partial charge in [0.1, 0.15) is 13.2 Å². The van der Waals surface area contributed by atoms with Crippen LogP contribution in [0, 0.1) is 11.8 Å². The summed E-state index contributed by atoms with van der Waals surface area (Å²) in [5.74, 6) is -1.28. The topological polar surface area (TPSA) is 65.1 Å². The van der Waals surface area contributed by atoms with Crippen LogP contribution >= 0.6 is 0 Å². The fourth-order valence-electron chi connectivity index (χ4n) is 3.38. The molecule has 0 aromatic carbocycles. The smallest absolute Gasteiger partial charge is 0.309 e. The number of ether oxygens (including phenoxy) is 3. The van der Waals surface area contributed by atoms with Crippen LogP contribution < -0.4 is 0 Å². The molecule has 0 heterocycles. The first-order valence-corrected chi connectivity index (χ1v) is 9.68. The highest BCUT2D eigenvalue weighted by atomic mass is 16.6. The van der Waals surface area contributed by atoms with Gasteiger partial charge in [0.05, 0.1) is 18.4 Å². The van der Waals surface area contributed by atoms with Crippen molar-refractivity contribution in [2.75, 3.05) is 46.6 Å². The van der Waals surface area contributed by atoms with E-state index in [0.29, 0.717) is 26.1 Å². The minimum absolute atomic E-state index is 0.233. The maximum absolute atomic E-state index is 12.5. The molecule has 0 aliphatic heterocycles. The molecule has 0 radical (unpaired) electrons. The molecule has 25 heavy (non-hydrogen) atoms. The minimum Gasteiger partial charge on any atom is -0.464 e. The summed E-state index contributed by atoms with van der Waals surface area (Å²) in [5, 5.41) is 0. The molecule has 1 rings (SSSR count). The lowest BCUT2D eigenvalue weighted by atomic mass is 9.79. The monoisotopic (exact) mass is 357 g/mol. The van der Waals surface area contributed by atoms with Gasteiger partial charge in [-0.25, -0.2) is 0 Å². The van der Waals surface area contributed by atoms with Crippen molar-refractivity contribution in [2.45, 2.75) is 52.4 Å². The van der Waals surface area contributed by atoms with Gasteiger partial charge in [-0.05, 0) is 38.8 Å². The van der Waals surface area contributed by atoms with Crippen molar-refractivity contribution in [1.82, 2.24) is 4.90 Å². The molecule has 6 heteroatoms. The number of esters is 2. The summed E-state index contributed by atoms with van der Waals surface area (Å²) < 4.78 is 15.6. The van der Waals surface area contributed by atoms with Crippen LogP contribution in [0.5, 0.6) is 0 Å². The summed E-state index contributed by atoms with van der Waals surface area (Å²) in [6.07, 6.45) is 5.49. The zero-order chi connectivity index (χ0) is 18.5. The van der Waals surface area contributed by atoms with Crippen molar-refractivity contribution in [2.24, 2.45) is 11.8 Å². The Balaban J connectivity index is 2.45. The quantitative estimate of drug-likeness (QED) is 0.395. The number of rotatable bonds is 12. The molecule has 0 amide bonds. The third kappa shape index (κ3) is 8.19. The molecule has 6 nitrogen and oxygen atoms in total. The molecule has 2 atom stereocenters. The molecule has 0 aromatic rings. The number of hydrogen-bond donors (Lipinski definition) is 0. The third-order valence-corrected chi connectivity index (χ3v) is 4.63. The van der Waals surface area contributed by atoms with E-state index in [0.717, 1.165) is 45.3 Å². The summed E-state index contributed by atoms with van der Waals surface area (Å²) in [4.78, 5) is 27.0. The molecule has 1 saturated carbocycles. The Morgan fingerprint density at radius 1 is 0.840 bits per heavy atom. The predicted octanol–water partition coefficient (Wildman–Crippen LogP) is 2.65. The molecule has 1 fully saturated rings. The summed E-state index contributed by atoms with van der Waals surface area (Å²) in [6.45, 7) is 8.08. The van der Waals surface area contributed by atoms with Gasteiger partial charge in [0.25, 0.3) is 0 Å². The number of nitrogens with zero attached hydrogens (tertiary/aromatic N) is 1. The summed E-state index contributed by atoms with van der Waals surface area (Å²) in [6, 6.07) is 0. The first-order valence-electron chi connectivity index (χ1n) is 9.68. The standard InChI is InChI=1S/C19H35NO5/c1-4-10-20(11-5-2)12-13-24-18(21)16-8-6-7-9-17(16)19(22)25-15-14-23-3/h16-17H,4-15H2,1-3H3. The molecule has 0 saturated heterocycles. The minimum atomic E-state index is -0.375. The highest BCUT2D eigenvalue weighted by Gasteiger charge is 2.37. The van der Waals surface area contributed by atoms with Crippen molar-refractivity contribution in [3.8, 4) is 0 Å². The van der Waals surface area contributed by atoms with Gasteiger partial charge < -0.3 is 14.2 Å². The average Bonchev–Trinajstić information content (AvgIpc) is 2.62. The van der Waals surface area contributed by atoms with Crippen molar-refractivity contribution < 1.29 is 23.8 Å². The van der Waals surface area contributed by atoms with Gasteiger partial charge in [0, 0.05) is 13.7 Å². The molecular weight excluding hydrogens is 322 g/mol. The Bertz CT molecular complexity index is 382. The van der Waals surface area contributed by atoms with Gasteiger partial charge in [0.15, 0.2) is 0 Å². The van der Waals surface area contributed by atoms with E-state index in [1.807, 2.05) is 0 Å². The van der Waals surface area contributed by atoms with Crippen LogP contribution in [0.15, 0.2) is 0 Å². The first kappa shape index (κ1) is 21.9. The summed E-state index contributed by atoms with van der Waals surface area (Å²) in [5.41, 5.74) is 0. The predicted molar refractivity (Wildman–Crippen MR) is 96.3 cm³/mol. The first-order chi connectivity index (χ1) is 12.1. The Morgan fingerprint density at radius 3 is 1.84 bits per heavy atom. The van der Waals surface area contributed by atoms with Crippen LogP contribution in [-0.4, -0.2) is 63.4 Å². The lowest BCUT2D eigenvalue weighted by molar-refractivity contribution is -0.163. The van der Waals surface area contributed by atoms with Gasteiger partial charge in [-0.3, -0.25) is 14.5 Å². The molecule has 0 N–H and O–H groups in total. The molecule has 0 bridgehead atoms. The molecule has 2 unspecified atom stereocenters. The van der Waals surface area contributed by atoms with E-state index in [1.54, 1.807) is 7.11 Å². The van der Waals surface area contributed by atoms with Crippen molar-refractivity contribution >= 4 is 11.9 Å². The number of hydrogen-bond acceptors (Lipinski definition) is 6. The summed E-state index contributed by atoms with van der Waals surface area (Å²) >= 11 is 0. The number of carbonyl (C=O) groups excluding carboxylic acids is 2. The van der Waals surface area contributed by atoms with Gasteiger partial charge in [-0.15, -0.1) is 0 Å². The van der Waals surface area contributed by atoms with Crippen LogP contribution in [0.1, 0.15) is 52.4 Å². The third-order valence-electron chi connectivity index (χ3n) is 4.63. The van der Waals surface area contributed by atoms with E-state index in [2.05, 4.69) is 18.7 Å². The maximum Gasteiger partial charge on any atom is 0.309 e. The van der Waals surface area contributed by atoms with E-state index >= 15 is 0 Å². The Hall–Kier alpha value is -1.14. The molecule has 1 aliphatic rings. The van der Waals surface area contributed by atoms with Crippen LogP contribution in [-0.2, 0) is 23.8 Å². The van der Waals surface area contributed by atoms with Crippen LogP contribution in [0.2, 0.25) is 0 Å². The van der Waals surface area contributed by atoms with E-state index in [4.69, 9.17) is 14.2 Å². The highest BCUT2D eigenvalue weighted by molar-refractivity contribution is 5.82. The van der Waals surface area contributed by atoms with Gasteiger partial charge >= 0.3 is 11.9 Å². The summed E-state index contributed by atoms with van der Waals surface area (Å²) in [7, 11) is 1.56. The van der Waals surface area contributed by atoms with Gasteiger partial charge in [-0.2, -0.15) is 0 Å². The van der Waals surface area contributed by atoms with Crippen LogP contribution in [0.3, 0.4) is 0 Å². The SMILES string of the molecule is CCCN(CCC)CCOC(=O)C1CCCCC1C(=O)OCCOC. The molecule has 1 aliphatic carbocycles. The molecule has 0 aromatic heterocycles. The fraction of sp³-hybridized carbons (Fsp3) is 0.895. The normalized spacial score (nSPS) is 20.5. The van der Waals surface area contributed by atoms with Crippen LogP contribution in [0.25, 0.3) is 0 Å². The Kier molecular flexibility index (Phi) is 11.5. The molecule has 146 valence electrons. The highest BCUT2D eigenvalue weighted by Crippen LogP contribution is 2.32. The van der Waals surface area contributed by atoms with Crippen molar-refractivity contribution in [3.05, 3.63) is 0 Å². The van der Waals surface area contributed by atoms with E-state index in [9.17, 15) is 9.59 Å². The Morgan fingerprint density at radius 2 is 1.36 bits per heavy atom. The van der Waals surface area contributed by atoms with Gasteiger partial charge in [-0.1, -0.05) is 26.7 Å². The molecule has 0 spiro atoms. The Labute approximate surface area is 152 Å². The van der Waals surface area contributed by atoms with Crippen molar-refractivity contribution in [3.63, 3.8) is 0 Å². The van der Waals surface area contributed by atoms with E-state index in [1.165, 1.54) is 0 Å². The number of carbonyl (C=O) groups is 2. The second-order valence-corrected chi connectivity index (χ2v) is 6.67. The zero-order valence-corrected chi connectivity index (χ0v) is 16.1.